The lowest BCUT2D eigenvalue weighted by atomic mass is 10.2. The lowest BCUT2D eigenvalue weighted by Crippen LogP contribution is -2.12. The van der Waals surface area contributed by atoms with Gasteiger partial charge in [0.15, 0.2) is 17.3 Å². The van der Waals surface area contributed by atoms with Gasteiger partial charge < -0.3 is 19.2 Å². The molecule has 2 aromatic heterocycles. The maximum absolute atomic E-state index is 14.0. The first-order chi connectivity index (χ1) is 16.0. The zero-order valence-electron chi connectivity index (χ0n) is 18.6. The summed E-state index contributed by atoms with van der Waals surface area (Å²) >= 11 is 0. The summed E-state index contributed by atoms with van der Waals surface area (Å²) in [5.41, 5.74) is 2.44. The van der Waals surface area contributed by atoms with E-state index in [0.29, 0.717) is 34.2 Å². The van der Waals surface area contributed by atoms with Crippen molar-refractivity contribution in [1.82, 2.24) is 9.78 Å². The highest BCUT2D eigenvalue weighted by atomic mass is 19.1. The molecular weight excluding hydrogens is 425 g/mol. The van der Waals surface area contributed by atoms with Crippen molar-refractivity contribution in [2.45, 2.75) is 27.0 Å². The number of aromatic nitrogens is 2. The number of furan rings is 1. The number of carbonyl (C=O) groups is 1. The van der Waals surface area contributed by atoms with Gasteiger partial charge in [-0.25, -0.2) is 4.39 Å². The van der Waals surface area contributed by atoms with Crippen LogP contribution in [0, 0.1) is 19.7 Å². The van der Waals surface area contributed by atoms with Crippen LogP contribution in [-0.4, -0.2) is 22.8 Å². The number of anilines is 1. The van der Waals surface area contributed by atoms with Gasteiger partial charge in [0, 0.05) is 5.56 Å². The van der Waals surface area contributed by atoms with Crippen molar-refractivity contribution >= 4 is 11.6 Å². The third-order valence-electron chi connectivity index (χ3n) is 5.22. The normalized spacial score (nSPS) is 10.8. The van der Waals surface area contributed by atoms with E-state index >= 15 is 0 Å². The zero-order valence-corrected chi connectivity index (χ0v) is 18.6. The second-order valence-corrected chi connectivity index (χ2v) is 7.45. The molecule has 0 spiro atoms. The molecule has 1 amide bonds. The van der Waals surface area contributed by atoms with Gasteiger partial charge in [-0.05, 0) is 44.2 Å². The summed E-state index contributed by atoms with van der Waals surface area (Å²) in [6, 6.07) is 17.1. The van der Waals surface area contributed by atoms with Gasteiger partial charge in [0.25, 0.3) is 5.91 Å². The van der Waals surface area contributed by atoms with Gasteiger partial charge in [0.1, 0.15) is 18.2 Å². The maximum Gasteiger partial charge on any atom is 0.291 e. The number of nitrogens with one attached hydrogen (secondary N) is 1. The van der Waals surface area contributed by atoms with Crippen LogP contribution in [0.25, 0.3) is 0 Å². The Labute approximate surface area is 190 Å². The number of carbonyl (C=O) groups excluding carboxylic acids is 1. The van der Waals surface area contributed by atoms with Gasteiger partial charge in [-0.15, -0.1) is 0 Å². The van der Waals surface area contributed by atoms with Gasteiger partial charge in [0.2, 0.25) is 0 Å². The SMILES string of the molecule is COc1ccccc1OCc1ccc(C(=O)Nc2c(C)nn(Cc3ccccc3F)c2C)o1. The molecule has 2 aromatic carbocycles. The Morgan fingerprint density at radius 3 is 2.55 bits per heavy atom. The molecule has 4 aromatic rings. The molecule has 33 heavy (non-hydrogen) atoms. The van der Waals surface area contributed by atoms with Crippen molar-refractivity contribution in [1.29, 1.82) is 0 Å². The molecule has 1 N–H and O–H groups in total. The summed E-state index contributed by atoms with van der Waals surface area (Å²) in [5, 5.41) is 7.30. The van der Waals surface area contributed by atoms with Gasteiger partial charge in [-0.2, -0.15) is 5.10 Å². The largest absolute Gasteiger partial charge is 0.493 e. The molecule has 8 heteroatoms. The Balaban J connectivity index is 1.43. The average Bonchev–Trinajstić information content (AvgIpc) is 3.40. The van der Waals surface area contributed by atoms with Crippen LogP contribution in [0.3, 0.4) is 0 Å². The molecule has 0 unspecified atom stereocenters. The van der Waals surface area contributed by atoms with Crippen molar-refractivity contribution in [3.63, 3.8) is 0 Å². The fourth-order valence-corrected chi connectivity index (χ4v) is 3.46. The Morgan fingerprint density at radius 2 is 1.79 bits per heavy atom. The van der Waals surface area contributed by atoms with Crippen LogP contribution < -0.4 is 14.8 Å². The quantitative estimate of drug-likeness (QED) is 0.404. The molecule has 0 bridgehead atoms. The van der Waals surface area contributed by atoms with Crippen molar-refractivity contribution in [2.75, 3.05) is 12.4 Å². The van der Waals surface area contributed by atoms with E-state index in [-0.39, 0.29) is 24.7 Å². The van der Waals surface area contributed by atoms with E-state index in [9.17, 15) is 9.18 Å². The highest BCUT2D eigenvalue weighted by Gasteiger charge is 2.18. The zero-order chi connectivity index (χ0) is 23.4. The molecule has 170 valence electrons. The minimum Gasteiger partial charge on any atom is -0.493 e. The van der Waals surface area contributed by atoms with E-state index in [4.69, 9.17) is 13.9 Å². The van der Waals surface area contributed by atoms with E-state index in [1.54, 1.807) is 61.2 Å². The van der Waals surface area contributed by atoms with Crippen LogP contribution in [0.1, 0.15) is 33.3 Å². The lowest BCUT2D eigenvalue weighted by Gasteiger charge is -2.09. The number of amides is 1. The topological polar surface area (TPSA) is 78.5 Å². The predicted molar refractivity (Wildman–Crippen MR) is 121 cm³/mol. The third kappa shape index (κ3) is 4.90. The lowest BCUT2D eigenvalue weighted by molar-refractivity contribution is 0.0992. The summed E-state index contributed by atoms with van der Waals surface area (Å²) in [6.45, 7) is 4.02. The number of ether oxygens (including phenoxy) is 2. The molecule has 0 radical (unpaired) electrons. The number of halogens is 1. The molecule has 0 aliphatic heterocycles. The van der Waals surface area contributed by atoms with Gasteiger partial charge >= 0.3 is 0 Å². The molecule has 0 saturated carbocycles. The van der Waals surface area contributed by atoms with Gasteiger partial charge in [-0.1, -0.05) is 30.3 Å². The van der Waals surface area contributed by atoms with Crippen molar-refractivity contribution < 1.29 is 23.1 Å². The molecule has 0 aliphatic carbocycles. The van der Waals surface area contributed by atoms with E-state index in [0.717, 1.165) is 5.69 Å². The number of aryl methyl sites for hydroxylation is 1. The number of hydrogen-bond donors (Lipinski definition) is 1. The fourth-order valence-electron chi connectivity index (χ4n) is 3.46. The second kappa shape index (κ2) is 9.60. The molecule has 0 saturated heterocycles. The highest BCUT2D eigenvalue weighted by molar-refractivity contribution is 6.02. The molecule has 0 aliphatic rings. The Hall–Kier alpha value is -4.07. The molecule has 0 fully saturated rings. The van der Waals surface area contributed by atoms with Crippen LogP contribution in [-0.2, 0) is 13.2 Å². The summed E-state index contributed by atoms with van der Waals surface area (Å²) in [7, 11) is 1.57. The van der Waals surface area contributed by atoms with Gasteiger partial charge in [0.05, 0.1) is 30.7 Å². The Morgan fingerprint density at radius 1 is 1.06 bits per heavy atom. The Bertz CT molecular complexity index is 1280. The van der Waals surface area contributed by atoms with Crippen LogP contribution >= 0.6 is 0 Å². The average molecular weight is 449 g/mol. The molecule has 2 heterocycles. The van der Waals surface area contributed by atoms with Gasteiger partial charge in [-0.3, -0.25) is 9.48 Å². The van der Waals surface area contributed by atoms with E-state index in [2.05, 4.69) is 10.4 Å². The number of nitrogens with zero attached hydrogens (tertiary/aromatic N) is 2. The van der Waals surface area contributed by atoms with Crippen molar-refractivity contribution in [3.05, 3.63) is 95.0 Å². The summed E-state index contributed by atoms with van der Waals surface area (Å²) in [4.78, 5) is 12.8. The first-order valence-corrected chi connectivity index (χ1v) is 10.4. The van der Waals surface area contributed by atoms with Crippen LogP contribution in [0.2, 0.25) is 0 Å². The first-order valence-electron chi connectivity index (χ1n) is 10.4. The predicted octanol–water partition coefficient (Wildman–Crippen LogP) is 5.12. The minimum absolute atomic E-state index is 0.145. The number of benzene rings is 2. The molecular formula is C25H24FN3O4. The van der Waals surface area contributed by atoms with E-state index < -0.39 is 5.91 Å². The van der Waals surface area contributed by atoms with Crippen molar-refractivity contribution in [3.8, 4) is 11.5 Å². The number of hydrogen-bond acceptors (Lipinski definition) is 5. The van der Waals surface area contributed by atoms with Crippen LogP contribution in [0.15, 0.2) is 65.1 Å². The second-order valence-electron chi connectivity index (χ2n) is 7.45. The van der Waals surface area contributed by atoms with Crippen LogP contribution in [0.4, 0.5) is 10.1 Å². The van der Waals surface area contributed by atoms with E-state index in [1.165, 1.54) is 6.07 Å². The fraction of sp³-hybridized carbons (Fsp3) is 0.200. The highest BCUT2D eigenvalue weighted by Crippen LogP contribution is 2.27. The van der Waals surface area contributed by atoms with Crippen LogP contribution in [0.5, 0.6) is 11.5 Å². The molecule has 0 atom stereocenters. The summed E-state index contributed by atoms with van der Waals surface area (Å²) in [5.74, 6) is 1.13. The number of rotatable bonds is 8. The summed E-state index contributed by atoms with van der Waals surface area (Å²) < 4.78 is 32.3. The van der Waals surface area contributed by atoms with Crippen molar-refractivity contribution in [2.24, 2.45) is 0 Å². The first kappa shape index (κ1) is 22.1. The molecule has 7 nitrogen and oxygen atoms in total. The maximum atomic E-state index is 14.0. The standard InChI is InChI=1S/C25H24FN3O4/c1-16-24(17(2)29(28-16)14-18-8-4-5-9-20(18)26)27-25(30)23-13-12-19(33-23)15-32-22-11-7-6-10-21(22)31-3/h4-13H,14-15H2,1-3H3,(H,27,30). The monoisotopic (exact) mass is 449 g/mol. The number of para-hydroxylation sites is 2. The minimum atomic E-state index is -0.407. The van der Waals surface area contributed by atoms with E-state index in [1.807, 2.05) is 19.1 Å². The summed E-state index contributed by atoms with van der Waals surface area (Å²) in [6.07, 6.45) is 0. The third-order valence-corrected chi connectivity index (χ3v) is 5.22. The Kier molecular flexibility index (Phi) is 6.44. The smallest absolute Gasteiger partial charge is 0.291 e. The number of methoxy groups -OCH3 is 1. The molecule has 4 rings (SSSR count).